The molecular weight excluding hydrogens is 257 g/mol. The molecule has 1 fully saturated rings. The van der Waals surface area contributed by atoms with Crippen LogP contribution < -0.4 is 5.32 Å². The van der Waals surface area contributed by atoms with Crippen LogP contribution in [0.1, 0.15) is 19.3 Å². The van der Waals surface area contributed by atoms with E-state index in [1.54, 1.807) is 0 Å². The lowest BCUT2D eigenvalue weighted by atomic mass is 10.3. The minimum atomic E-state index is -0.504. The maximum absolute atomic E-state index is 13.4. The Kier molecular flexibility index (Phi) is 4.36. The van der Waals surface area contributed by atoms with E-state index in [0.29, 0.717) is 13.0 Å². The van der Waals surface area contributed by atoms with Crippen LogP contribution >= 0.6 is 11.6 Å². The zero-order valence-corrected chi connectivity index (χ0v) is 10.7. The number of carbonyl (C=O) groups is 1. The van der Waals surface area contributed by atoms with Crippen molar-refractivity contribution in [3.05, 3.63) is 23.1 Å². The zero-order valence-electron chi connectivity index (χ0n) is 9.96. The van der Waals surface area contributed by atoms with Crippen molar-refractivity contribution in [1.29, 1.82) is 0 Å². The Balaban J connectivity index is 1.79. The molecule has 1 aliphatic rings. The molecule has 1 aliphatic heterocycles. The van der Waals surface area contributed by atoms with Crippen molar-refractivity contribution in [2.24, 2.45) is 0 Å². The minimum absolute atomic E-state index is 0.106. The van der Waals surface area contributed by atoms with Crippen LogP contribution in [0.3, 0.4) is 0 Å². The van der Waals surface area contributed by atoms with Gasteiger partial charge in [0, 0.05) is 32.3 Å². The Bertz CT molecular complexity index is 435. The number of amides is 1. The fourth-order valence-electron chi connectivity index (χ4n) is 1.96. The van der Waals surface area contributed by atoms with Gasteiger partial charge in [0.05, 0.1) is 5.02 Å². The molecule has 0 atom stereocenters. The number of hydrogen-bond acceptors (Lipinski definition) is 3. The van der Waals surface area contributed by atoms with Crippen LogP contribution in [0.4, 0.5) is 10.2 Å². The number of hydrogen-bond donors (Lipinski definition) is 1. The van der Waals surface area contributed by atoms with Crippen LogP contribution in [0.2, 0.25) is 5.02 Å². The van der Waals surface area contributed by atoms with Crippen LogP contribution in [0, 0.1) is 5.82 Å². The molecule has 98 valence electrons. The van der Waals surface area contributed by atoms with Crippen LogP contribution in [0.5, 0.6) is 0 Å². The third-order valence-corrected chi connectivity index (χ3v) is 3.10. The molecule has 6 heteroatoms. The van der Waals surface area contributed by atoms with E-state index in [0.717, 1.165) is 25.9 Å². The van der Waals surface area contributed by atoms with E-state index < -0.39 is 5.82 Å². The normalized spacial score (nSPS) is 14.9. The number of likely N-dealkylation sites (tertiary alicyclic amines) is 1. The number of pyridine rings is 1. The summed E-state index contributed by atoms with van der Waals surface area (Å²) in [4.78, 5) is 17.4. The number of halogens is 2. The summed E-state index contributed by atoms with van der Waals surface area (Å²) in [6, 6.07) is 1.19. The monoisotopic (exact) mass is 271 g/mol. The van der Waals surface area contributed by atoms with Crippen LogP contribution in [0.15, 0.2) is 12.3 Å². The highest BCUT2D eigenvalue weighted by Gasteiger charge is 2.17. The van der Waals surface area contributed by atoms with Crippen molar-refractivity contribution in [3.8, 4) is 0 Å². The molecule has 0 bridgehead atoms. The van der Waals surface area contributed by atoms with Gasteiger partial charge in [-0.25, -0.2) is 9.37 Å². The topological polar surface area (TPSA) is 45.2 Å². The van der Waals surface area contributed by atoms with Gasteiger partial charge in [0.15, 0.2) is 11.6 Å². The first-order valence-corrected chi connectivity index (χ1v) is 6.37. The molecule has 0 radical (unpaired) electrons. The number of carbonyl (C=O) groups excluding carboxylic acids is 1. The Hall–Kier alpha value is -1.36. The average molecular weight is 272 g/mol. The van der Waals surface area contributed by atoms with Crippen molar-refractivity contribution in [3.63, 3.8) is 0 Å². The smallest absolute Gasteiger partial charge is 0.224 e. The molecule has 1 N–H and O–H groups in total. The van der Waals surface area contributed by atoms with Gasteiger partial charge in [-0.2, -0.15) is 0 Å². The molecular formula is C12H15ClFN3O. The molecule has 0 saturated carbocycles. The van der Waals surface area contributed by atoms with Crippen molar-refractivity contribution in [1.82, 2.24) is 9.88 Å². The molecule has 1 amide bonds. The zero-order chi connectivity index (χ0) is 13.0. The lowest BCUT2D eigenvalue weighted by molar-refractivity contribution is -0.129. The summed E-state index contributed by atoms with van der Waals surface area (Å²) in [5, 5.41) is 3.06. The highest BCUT2D eigenvalue weighted by atomic mass is 35.5. The molecule has 2 rings (SSSR count). The molecule has 0 unspecified atom stereocenters. The molecule has 0 aromatic carbocycles. The molecule has 4 nitrogen and oxygen atoms in total. The molecule has 1 aromatic heterocycles. The third-order valence-electron chi connectivity index (χ3n) is 2.90. The minimum Gasteiger partial charge on any atom is -0.367 e. The fourth-order valence-corrected chi connectivity index (χ4v) is 2.10. The molecule has 1 saturated heterocycles. The van der Waals surface area contributed by atoms with Crippen molar-refractivity contribution in [2.75, 3.05) is 25.0 Å². The summed E-state index contributed by atoms with van der Waals surface area (Å²) in [6.45, 7) is 2.06. The van der Waals surface area contributed by atoms with E-state index in [4.69, 9.17) is 11.6 Å². The highest BCUT2D eigenvalue weighted by Crippen LogP contribution is 2.15. The highest BCUT2D eigenvalue weighted by molar-refractivity contribution is 6.30. The Morgan fingerprint density at radius 1 is 1.50 bits per heavy atom. The first-order chi connectivity index (χ1) is 8.66. The SMILES string of the molecule is O=C(CCNc1ncc(Cl)cc1F)N1CCCC1. The van der Waals surface area contributed by atoms with Gasteiger partial charge in [0.25, 0.3) is 0 Å². The van der Waals surface area contributed by atoms with E-state index in [2.05, 4.69) is 10.3 Å². The second kappa shape index (κ2) is 6.00. The Labute approximate surface area is 110 Å². The predicted molar refractivity (Wildman–Crippen MR) is 68.1 cm³/mol. The summed E-state index contributed by atoms with van der Waals surface area (Å²) in [6.07, 6.45) is 3.87. The van der Waals surface area contributed by atoms with E-state index in [1.165, 1.54) is 12.3 Å². The first-order valence-electron chi connectivity index (χ1n) is 5.99. The van der Waals surface area contributed by atoms with Gasteiger partial charge in [-0.15, -0.1) is 0 Å². The fraction of sp³-hybridized carbons (Fsp3) is 0.500. The first kappa shape index (κ1) is 13.1. The maximum atomic E-state index is 13.4. The number of nitrogens with one attached hydrogen (secondary N) is 1. The molecule has 18 heavy (non-hydrogen) atoms. The van der Waals surface area contributed by atoms with Crippen molar-refractivity contribution in [2.45, 2.75) is 19.3 Å². The molecule has 1 aromatic rings. The van der Waals surface area contributed by atoms with Gasteiger partial charge in [-0.05, 0) is 18.9 Å². The lowest BCUT2D eigenvalue weighted by Gasteiger charge is -2.15. The van der Waals surface area contributed by atoms with E-state index in [9.17, 15) is 9.18 Å². The third kappa shape index (κ3) is 3.32. The second-order valence-corrected chi connectivity index (χ2v) is 4.69. The molecule has 2 heterocycles. The summed E-state index contributed by atoms with van der Waals surface area (Å²) >= 11 is 5.60. The lowest BCUT2D eigenvalue weighted by Crippen LogP contribution is -2.29. The van der Waals surface area contributed by atoms with Gasteiger partial charge in [-0.1, -0.05) is 11.6 Å². The number of nitrogens with zero attached hydrogens (tertiary/aromatic N) is 2. The largest absolute Gasteiger partial charge is 0.367 e. The van der Waals surface area contributed by atoms with Crippen molar-refractivity contribution < 1.29 is 9.18 Å². The number of rotatable bonds is 4. The number of aromatic nitrogens is 1. The summed E-state index contributed by atoms with van der Waals surface area (Å²) in [7, 11) is 0. The van der Waals surface area contributed by atoms with Crippen LogP contribution in [-0.2, 0) is 4.79 Å². The Morgan fingerprint density at radius 2 is 2.22 bits per heavy atom. The van der Waals surface area contributed by atoms with E-state index >= 15 is 0 Å². The summed E-state index contributed by atoms with van der Waals surface area (Å²) < 4.78 is 13.4. The standard InChI is InChI=1S/C12H15ClFN3O/c13-9-7-10(14)12(16-8-9)15-4-3-11(18)17-5-1-2-6-17/h7-8H,1-6H2,(H,15,16). The van der Waals surface area contributed by atoms with Gasteiger partial charge >= 0.3 is 0 Å². The quantitative estimate of drug-likeness (QED) is 0.914. The summed E-state index contributed by atoms with van der Waals surface area (Å²) in [5.41, 5.74) is 0. The van der Waals surface area contributed by atoms with Gasteiger partial charge in [0.2, 0.25) is 5.91 Å². The van der Waals surface area contributed by atoms with Gasteiger partial charge in [-0.3, -0.25) is 4.79 Å². The average Bonchev–Trinajstić information content (AvgIpc) is 2.85. The van der Waals surface area contributed by atoms with E-state index in [1.807, 2.05) is 4.90 Å². The maximum Gasteiger partial charge on any atom is 0.224 e. The second-order valence-electron chi connectivity index (χ2n) is 4.25. The number of anilines is 1. The van der Waals surface area contributed by atoms with Gasteiger partial charge in [0.1, 0.15) is 0 Å². The predicted octanol–water partition coefficient (Wildman–Crippen LogP) is 2.30. The molecule has 0 aliphatic carbocycles. The summed E-state index contributed by atoms with van der Waals surface area (Å²) in [5.74, 6) is -0.265. The van der Waals surface area contributed by atoms with Crippen LogP contribution in [0.25, 0.3) is 0 Å². The van der Waals surface area contributed by atoms with Crippen LogP contribution in [-0.4, -0.2) is 35.4 Å². The Morgan fingerprint density at radius 3 is 2.89 bits per heavy atom. The van der Waals surface area contributed by atoms with Gasteiger partial charge < -0.3 is 10.2 Å². The van der Waals surface area contributed by atoms with E-state index in [-0.39, 0.29) is 16.7 Å². The molecule has 0 spiro atoms. The van der Waals surface area contributed by atoms with Crippen molar-refractivity contribution >= 4 is 23.3 Å².